The van der Waals surface area contributed by atoms with Crippen LogP contribution in [0.15, 0.2) is 23.3 Å². The van der Waals surface area contributed by atoms with E-state index < -0.39 is 0 Å². The van der Waals surface area contributed by atoms with E-state index in [1.165, 1.54) is 11.7 Å². The maximum Gasteiger partial charge on any atom is 0.292 e. The van der Waals surface area contributed by atoms with Crippen LogP contribution in [0.4, 0.5) is 0 Å². The van der Waals surface area contributed by atoms with Crippen molar-refractivity contribution in [1.82, 2.24) is 14.5 Å². The van der Waals surface area contributed by atoms with E-state index in [1.54, 1.807) is 19.3 Å². The average molecular weight is 273 g/mol. The highest BCUT2D eigenvalue weighted by Crippen LogP contribution is 2.23. The van der Waals surface area contributed by atoms with Crippen LogP contribution < -0.4 is 10.3 Å². The van der Waals surface area contributed by atoms with Crippen molar-refractivity contribution in [2.75, 3.05) is 7.11 Å². The Balaban J connectivity index is 2.64. The molecule has 5 heteroatoms. The maximum absolute atomic E-state index is 11.9. The maximum atomic E-state index is 11.9. The summed E-state index contributed by atoms with van der Waals surface area (Å²) in [5.74, 6) is 1.04. The second kappa shape index (κ2) is 5.86. The predicted molar refractivity (Wildman–Crippen MR) is 78.0 cm³/mol. The van der Waals surface area contributed by atoms with Gasteiger partial charge in [0, 0.05) is 25.0 Å². The Morgan fingerprint density at radius 2 is 2.15 bits per heavy atom. The zero-order chi connectivity index (χ0) is 14.7. The molecule has 2 aromatic heterocycles. The Kier molecular flexibility index (Phi) is 4.17. The minimum Gasteiger partial charge on any atom is -0.491 e. The number of methoxy groups -OCH3 is 1. The fourth-order valence-electron chi connectivity index (χ4n) is 2.15. The van der Waals surface area contributed by atoms with Crippen LogP contribution >= 0.6 is 0 Å². The molecule has 0 spiro atoms. The van der Waals surface area contributed by atoms with Crippen molar-refractivity contribution >= 4 is 0 Å². The average Bonchev–Trinajstić information content (AvgIpc) is 2.44. The van der Waals surface area contributed by atoms with Crippen LogP contribution in [-0.2, 0) is 13.5 Å². The molecule has 0 atom stereocenters. The number of ether oxygens (including phenoxy) is 1. The third-order valence-corrected chi connectivity index (χ3v) is 3.15. The summed E-state index contributed by atoms with van der Waals surface area (Å²) in [5.41, 5.74) is 2.67. The molecular formula is C15H19N3O2. The van der Waals surface area contributed by atoms with Crippen molar-refractivity contribution in [1.29, 1.82) is 0 Å². The first-order valence-corrected chi connectivity index (χ1v) is 6.64. The lowest BCUT2D eigenvalue weighted by Gasteiger charge is -2.11. The van der Waals surface area contributed by atoms with Crippen molar-refractivity contribution in [2.45, 2.75) is 26.7 Å². The normalized spacial score (nSPS) is 10.6. The van der Waals surface area contributed by atoms with Gasteiger partial charge in [0.2, 0.25) is 0 Å². The first kappa shape index (κ1) is 14.2. The highest BCUT2D eigenvalue weighted by molar-refractivity contribution is 5.63. The first-order valence-electron chi connectivity index (χ1n) is 6.64. The Morgan fingerprint density at radius 1 is 1.40 bits per heavy atom. The third kappa shape index (κ3) is 2.71. The summed E-state index contributed by atoms with van der Waals surface area (Å²) in [4.78, 5) is 20.6. The highest BCUT2D eigenvalue weighted by Gasteiger charge is 2.12. The number of hydrogen-bond acceptors (Lipinski definition) is 4. The zero-order valence-electron chi connectivity index (χ0n) is 12.3. The highest BCUT2D eigenvalue weighted by atomic mass is 16.5. The molecule has 0 aliphatic rings. The smallest absolute Gasteiger partial charge is 0.292 e. The molecule has 0 amide bonds. The summed E-state index contributed by atoms with van der Waals surface area (Å²) in [6.07, 6.45) is 5.56. The molecule has 0 aliphatic carbocycles. The van der Waals surface area contributed by atoms with E-state index in [2.05, 4.69) is 16.9 Å². The van der Waals surface area contributed by atoms with Gasteiger partial charge in [-0.3, -0.25) is 4.79 Å². The SMILES string of the molecule is CCCc1cnc(C)nc1-c1cc(OC)c(=O)n(C)c1. The van der Waals surface area contributed by atoms with Crippen LogP contribution in [0, 0.1) is 6.92 Å². The molecule has 0 fully saturated rings. The summed E-state index contributed by atoms with van der Waals surface area (Å²) in [5, 5.41) is 0. The third-order valence-electron chi connectivity index (χ3n) is 3.15. The van der Waals surface area contributed by atoms with E-state index in [-0.39, 0.29) is 5.56 Å². The van der Waals surface area contributed by atoms with Crippen LogP contribution in [-0.4, -0.2) is 21.6 Å². The van der Waals surface area contributed by atoms with Crippen molar-refractivity contribution < 1.29 is 4.74 Å². The van der Waals surface area contributed by atoms with Crippen LogP contribution in [0.1, 0.15) is 24.7 Å². The molecule has 0 bridgehead atoms. The van der Waals surface area contributed by atoms with Crippen molar-refractivity contribution in [2.24, 2.45) is 7.05 Å². The van der Waals surface area contributed by atoms with E-state index in [0.29, 0.717) is 11.6 Å². The van der Waals surface area contributed by atoms with Crippen LogP contribution in [0.3, 0.4) is 0 Å². The lowest BCUT2D eigenvalue weighted by Crippen LogP contribution is -2.18. The summed E-state index contributed by atoms with van der Waals surface area (Å²) in [6, 6.07) is 1.74. The minimum atomic E-state index is -0.154. The van der Waals surface area contributed by atoms with Gasteiger partial charge in [0.15, 0.2) is 5.75 Å². The molecular weight excluding hydrogens is 254 g/mol. The topological polar surface area (TPSA) is 57.0 Å². The van der Waals surface area contributed by atoms with E-state index >= 15 is 0 Å². The summed E-state index contributed by atoms with van der Waals surface area (Å²) < 4.78 is 6.66. The molecule has 5 nitrogen and oxygen atoms in total. The molecule has 0 radical (unpaired) electrons. The largest absolute Gasteiger partial charge is 0.491 e. The fraction of sp³-hybridized carbons (Fsp3) is 0.400. The van der Waals surface area contributed by atoms with Gasteiger partial charge in [-0.2, -0.15) is 0 Å². The van der Waals surface area contributed by atoms with E-state index in [1.807, 2.05) is 13.1 Å². The molecule has 0 saturated carbocycles. The van der Waals surface area contributed by atoms with Gasteiger partial charge in [0.1, 0.15) is 5.82 Å². The molecule has 20 heavy (non-hydrogen) atoms. The molecule has 0 saturated heterocycles. The van der Waals surface area contributed by atoms with E-state index in [0.717, 1.165) is 29.7 Å². The standard InChI is InChI=1S/C15H19N3O2/c1-5-6-11-8-16-10(2)17-14(11)12-7-13(20-4)15(19)18(3)9-12/h7-9H,5-6H2,1-4H3. The lowest BCUT2D eigenvalue weighted by molar-refractivity contribution is 0.405. The van der Waals surface area contributed by atoms with E-state index in [4.69, 9.17) is 4.74 Å². The monoisotopic (exact) mass is 273 g/mol. The van der Waals surface area contributed by atoms with Gasteiger partial charge in [0.25, 0.3) is 5.56 Å². The van der Waals surface area contributed by atoms with Gasteiger partial charge in [0.05, 0.1) is 12.8 Å². The first-order chi connectivity index (χ1) is 9.56. The molecule has 0 aromatic carbocycles. The Morgan fingerprint density at radius 3 is 2.80 bits per heavy atom. The molecule has 0 unspecified atom stereocenters. The number of aryl methyl sites for hydroxylation is 3. The van der Waals surface area contributed by atoms with Crippen molar-refractivity contribution in [3.63, 3.8) is 0 Å². The number of pyridine rings is 1. The van der Waals surface area contributed by atoms with Gasteiger partial charge in [-0.1, -0.05) is 13.3 Å². The molecule has 2 rings (SSSR count). The van der Waals surface area contributed by atoms with Gasteiger partial charge in [-0.05, 0) is 25.0 Å². The number of aromatic nitrogens is 3. The summed E-state index contributed by atoms with van der Waals surface area (Å²) >= 11 is 0. The number of rotatable bonds is 4. The number of nitrogens with zero attached hydrogens (tertiary/aromatic N) is 3. The second-order valence-electron chi connectivity index (χ2n) is 4.75. The van der Waals surface area contributed by atoms with Gasteiger partial charge in [-0.15, -0.1) is 0 Å². The van der Waals surface area contributed by atoms with Gasteiger partial charge < -0.3 is 9.30 Å². The van der Waals surface area contributed by atoms with Crippen LogP contribution in [0.25, 0.3) is 11.3 Å². The Labute approximate surface area is 118 Å². The Bertz CT molecular complexity index is 677. The van der Waals surface area contributed by atoms with Gasteiger partial charge in [-0.25, -0.2) is 9.97 Å². The zero-order valence-corrected chi connectivity index (χ0v) is 12.3. The molecule has 2 aromatic rings. The van der Waals surface area contributed by atoms with Crippen LogP contribution in [0.2, 0.25) is 0 Å². The molecule has 2 heterocycles. The van der Waals surface area contributed by atoms with Gasteiger partial charge >= 0.3 is 0 Å². The molecule has 0 N–H and O–H groups in total. The van der Waals surface area contributed by atoms with E-state index in [9.17, 15) is 4.79 Å². The minimum absolute atomic E-state index is 0.154. The summed E-state index contributed by atoms with van der Waals surface area (Å²) in [6.45, 7) is 3.98. The lowest BCUT2D eigenvalue weighted by atomic mass is 10.1. The fourth-order valence-corrected chi connectivity index (χ4v) is 2.15. The number of hydrogen-bond donors (Lipinski definition) is 0. The molecule has 106 valence electrons. The Hall–Kier alpha value is -2.17. The second-order valence-corrected chi connectivity index (χ2v) is 4.75. The van der Waals surface area contributed by atoms with Crippen molar-refractivity contribution in [3.05, 3.63) is 40.2 Å². The predicted octanol–water partition coefficient (Wildman–Crippen LogP) is 2.11. The quantitative estimate of drug-likeness (QED) is 0.856. The van der Waals surface area contributed by atoms with Crippen molar-refractivity contribution in [3.8, 4) is 17.0 Å². The van der Waals surface area contributed by atoms with Crippen LogP contribution in [0.5, 0.6) is 5.75 Å². The summed E-state index contributed by atoms with van der Waals surface area (Å²) in [7, 11) is 3.21. The molecule has 0 aliphatic heterocycles.